The maximum absolute atomic E-state index is 12.1. The van der Waals surface area contributed by atoms with Crippen LogP contribution in [-0.2, 0) is 10.1 Å². The van der Waals surface area contributed by atoms with Crippen LogP contribution in [-0.4, -0.2) is 15.5 Å². The first-order valence-electron chi connectivity index (χ1n) is 5.74. The number of nitriles is 1. The Morgan fingerprint density at radius 2 is 1.86 bits per heavy atom. The normalized spacial score (nSPS) is 10.7. The van der Waals surface area contributed by atoms with Crippen molar-refractivity contribution in [3.05, 3.63) is 53.1 Å². The van der Waals surface area contributed by atoms with Gasteiger partial charge in [-0.3, -0.25) is 0 Å². The number of hydrogen-bond donors (Lipinski definition) is 0. The number of nitrogens with zero attached hydrogens (tertiary/aromatic N) is 1. The molecule has 0 amide bonds. The monoisotopic (exact) mass is 323 g/mol. The Morgan fingerprint density at radius 3 is 2.48 bits per heavy atom. The summed E-state index contributed by atoms with van der Waals surface area (Å²) in [5.41, 5.74) is 0.192. The third-order valence-corrected chi connectivity index (χ3v) is 4.15. The molecule has 0 aliphatic heterocycles. The smallest absolute Gasteiger partial charge is 0.339 e. The van der Waals surface area contributed by atoms with Crippen LogP contribution in [0.4, 0.5) is 0 Å². The van der Waals surface area contributed by atoms with Crippen molar-refractivity contribution in [2.24, 2.45) is 0 Å². The second-order valence-corrected chi connectivity index (χ2v) is 5.92. The lowest BCUT2D eigenvalue weighted by Crippen LogP contribution is -2.10. The van der Waals surface area contributed by atoms with Gasteiger partial charge in [-0.05, 0) is 30.3 Å². The Kier molecular flexibility index (Phi) is 4.36. The highest BCUT2D eigenvalue weighted by Gasteiger charge is 2.18. The maximum Gasteiger partial charge on any atom is 0.339 e. The Morgan fingerprint density at radius 1 is 1.14 bits per heavy atom. The molecule has 0 unspecified atom stereocenters. The summed E-state index contributed by atoms with van der Waals surface area (Å²) >= 11 is 5.82. The number of hydrogen-bond acceptors (Lipinski definition) is 5. The molecule has 0 saturated heterocycles. The quantitative estimate of drug-likeness (QED) is 0.808. The van der Waals surface area contributed by atoms with Crippen molar-refractivity contribution in [1.29, 1.82) is 5.26 Å². The number of halogens is 1. The lowest BCUT2D eigenvalue weighted by atomic mass is 10.2. The van der Waals surface area contributed by atoms with Crippen molar-refractivity contribution in [2.45, 2.75) is 4.90 Å². The summed E-state index contributed by atoms with van der Waals surface area (Å²) in [6.45, 7) is 0. The van der Waals surface area contributed by atoms with E-state index in [4.69, 9.17) is 25.8 Å². The lowest BCUT2D eigenvalue weighted by Gasteiger charge is -2.08. The van der Waals surface area contributed by atoms with Crippen molar-refractivity contribution in [3.8, 4) is 17.6 Å². The van der Waals surface area contributed by atoms with E-state index in [-0.39, 0.29) is 21.2 Å². The van der Waals surface area contributed by atoms with Gasteiger partial charge >= 0.3 is 10.1 Å². The summed E-state index contributed by atoms with van der Waals surface area (Å²) in [6, 6.07) is 11.8. The third kappa shape index (κ3) is 3.45. The van der Waals surface area contributed by atoms with Gasteiger partial charge in [-0.2, -0.15) is 13.7 Å². The first-order valence-corrected chi connectivity index (χ1v) is 7.53. The Balaban J connectivity index is 2.34. The summed E-state index contributed by atoms with van der Waals surface area (Å²) < 4.78 is 34.3. The average molecular weight is 324 g/mol. The highest BCUT2D eigenvalue weighted by molar-refractivity contribution is 7.87. The lowest BCUT2D eigenvalue weighted by molar-refractivity contribution is 0.411. The Labute approximate surface area is 127 Å². The molecule has 0 atom stereocenters. The molecule has 7 heteroatoms. The second kappa shape index (κ2) is 6.04. The predicted molar refractivity (Wildman–Crippen MR) is 77.0 cm³/mol. The van der Waals surface area contributed by atoms with Gasteiger partial charge < -0.3 is 8.92 Å². The van der Waals surface area contributed by atoms with Crippen molar-refractivity contribution < 1.29 is 17.3 Å². The molecule has 0 fully saturated rings. The molecule has 0 aliphatic rings. The van der Waals surface area contributed by atoms with E-state index in [2.05, 4.69) is 0 Å². The van der Waals surface area contributed by atoms with Gasteiger partial charge in [0.1, 0.15) is 22.5 Å². The SMILES string of the molecule is COc1cccc(OS(=O)(=O)c2ccc(C#N)c(Cl)c2)c1. The van der Waals surface area contributed by atoms with Crippen molar-refractivity contribution in [3.63, 3.8) is 0 Å². The molecular formula is C14H10ClNO4S. The molecule has 0 spiro atoms. The second-order valence-electron chi connectivity index (χ2n) is 3.97. The minimum atomic E-state index is -4.04. The molecule has 0 aliphatic carbocycles. The molecule has 2 aromatic rings. The fourth-order valence-electron chi connectivity index (χ4n) is 1.57. The van der Waals surface area contributed by atoms with Crippen LogP contribution in [0, 0.1) is 11.3 Å². The van der Waals surface area contributed by atoms with E-state index in [1.54, 1.807) is 12.1 Å². The van der Waals surface area contributed by atoms with Crippen LogP contribution in [0.5, 0.6) is 11.5 Å². The summed E-state index contributed by atoms with van der Waals surface area (Å²) in [5, 5.41) is 8.82. The van der Waals surface area contributed by atoms with Gasteiger partial charge in [0.2, 0.25) is 0 Å². The van der Waals surface area contributed by atoms with Crippen molar-refractivity contribution in [2.75, 3.05) is 7.11 Å². The van der Waals surface area contributed by atoms with Gasteiger partial charge in [0.15, 0.2) is 0 Å². The summed E-state index contributed by atoms with van der Waals surface area (Å²) in [4.78, 5) is -0.130. The zero-order valence-corrected chi connectivity index (χ0v) is 12.5. The predicted octanol–water partition coefficient (Wildman–Crippen LogP) is 2.99. The Hall–Kier alpha value is -2.23. The van der Waals surface area contributed by atoms with E-state index in [1.807, 2.05) is 6.07 Å². The van der Waals surface area contributed by atoms with Crippen LogP contribution in [0.1, 0.15) is 5.56 Å². The maximum atomic E-state index is 12.1. The van der Waals surface area contributed by atoms with E-state index in [0.717, 1.165) is 0 Å². The summed E-state index contributed by atoms with van der Waals surface area (Å²) in [5.74, 6) is 0.593. The van der Waals surface area contributed by atoms with Gasteiger partial charge in [-0.25, -0.2) is 0 Å². The minimum Gasteiger partial charge on any atom is -0.497 e. The minimum absolute atomic E-state index is 0.0489. The van der Waals surface area contributed by atoms with E-state index >= 15 is 0 Å². The molecule has 21 heavy (non-hydrogen) atoms. The van der Waals surface area contributed by atoms with E-state index < -0.39 is 10.1 Å². The molecule has 0 saturated carbocycles. The van der Waals surface area contributed by atoms with Gasteiger partial charge in [-0.15, -0.1) is 0 Å². The van der Waals surface area contributed by atoms with Gasteiger partial charge in [0.05, 0.1) is 17.7 Å². The van der Waals surface area contributed by atoms with E-state index in [1.165, 1.54) is 37.4 Å². The van der Waals surface area contributed by atoms with Crippen molar-refractivity contribution >= 4 is 21.7 Å². The van der Waals surface area contributed by atoms with Gasteiger partial charge in [-0.1, -0.05) is 17.7 Å². The highest BCUT2D eigenvalue weighted by Crippen LogP contribution is 2.25. The number of methoxy groups -OCH3 is 1. The molecule has 2 aromatic carbocycles. The molecule has 0 heterocycles. The zero-order chi connectivity index (χ0) is 15.5. The highest BCUT2D eigenvalue weighted by atomic mass is 35.5. The fraction of sp³-hybridized carbons (Fsp3) is 0.0714. The molecular weight excluding hydrogens is 314 g/mol. The number of benzene rings is 2. The molecule has 108 valence electrons. The largest absolute Gasteiger partial charge is 0.497 e. The van der Waals surface area contributed by atoms with Gasteiger partial charge in [0.25, 0.3) is 0 Å². The van der Waals surface area contributed by atoms with E-state index in [9.17, 15) is 8.42 Å². The standard InChI is InChI=1S/C14H10ClNO4S/c1-19-11-3-2-4-12(7-11)20-21(17,18)13-6-5-10(9-16)14(15)8-13/h2-8H,1H3. The van der Waals surface area contributed by atoms with Crippen molar-refractivity contribution in [1.82, 2.24) is 0 Å². The van der Waals surface area contributed by atoms with Gasteiger partial charge in [0, 0.05) is 6.07 Å². The molecule has 0 N–H and O–H groups in total. The van der Waals surface area contributed by atoms with Crippen LogP contribution in [0.2, 0.25) is 5.02 Å². The van der Waals surface area contributed by atoms with Crippen LogP contribution < -0.4 is 8.92 Å². The third-order valence-electron chi connectivity index (χ3n) is 2.60. The zero-order valence-electron chi connectivity index (χ0n) is 10.9. The van der Waals surface area contributed by atoms with Crippen LogP contribution >= 0.6 is 11.6 Å². The summed E-state index contributed by atoms with van der Waals surface area (Å²) in [6.07, 6.45) is 0. The number of rotatable bonds is 4. The topological polar surface area (TPSA) is 76.4 Å². The first kappa shape index (κ1) is 15.2. The first-order chi connectivity index (χ1) is 9.96. The van der Waals surface area contributed by atoms with Crippen LogP contribution in [0.15, 0.2) is 47.4 Å². The molecule has 5 nitrogen and oxygen atoms in total. The molecule has 0 aromatic heterocycles. The Bertz CT molecular complexity index is 812. The fourth-order valence-corrected chi connectivity index (χ4v) is 2.81. The summed E-state index contributed by atoms with van der Waals surface area (Å²) in [7, 11) is -2.57. The molecule has 2 rings (SSSR count). The van der Waals surface area contributed by atoms with Crippen LogP contribution in [0.25, 0.3) is 0 Å². The van der Waals surface area contributed by atoms with E-state index in [0.29, 0.717) is 5.75 Å². The van der Waals surface area contributed by atoms with Crippen LogP contribution in [0.3, 0.4) is 0 Å². The molecule has 0 bridgehead atoms. The molecule has 0 radical (unpaired) electrons. The number of ether oxygens (including phenoxy) is 1. The average Bonchev–Trinajstić information content (AvgIpc) is 2.47.